The first kappa shape index (κ1) is 16.9. The van der Waals surface area contributed by atoms with Crippen LogP contribution in [0.2, 0.25) is 0 Å². The molecule has 1 aromatic rings. The van der Waals surface area contributed by atoms with Crippen LogP contribution in [0.4, 0.5) is 10.1 Å². The number of nitrogens with zero attached hydrogens (tertiary/aromatic N) is 1. The fraction of sp³-hybridized carbons (Fsp3) is 0.579. The first-order valence-electron chi connectivity index (χ1n) is 8.81. The molecule has 3 rings (SSSR count). The van der Waals surface area contributed by atoms with Crippen LogP contribution in [0.15, 0.2) is 24.3 Å². The number of hydrogen-bond acceptors (Lipinski definition) is 2. The van der Waals surface area contributed by atoms with Gasteiger partial charge in [-0.3, -0.25) is 9.59 Å². The Morgan fingerprint density at radius 2 is 1.92 bits per heavy atom. The molecule has 4 atom stereocenters. The first-order chi connectivity index (χ1) is 11.5. The second-order valence-electron chi connectivity index (χ2n) is 7.28. The van der Waals surface area contributed by atoms with Crippen molar-refractivity contribution in [2.24, 2.45) is 17.8 Å². The number of likely N-dealkylation sites (tertiary alicyclic amines) is 1. The van der Waals surface area contributed by atoms with Crippen LogP contribution in [0, 0.1) is 23.6 Å². The van der Waals surface area contributed by atoms with Crippen molar-refractivity contribution < 1.29 is 14.0 Å². The smallest absolute Gasteiger partial charge is 0.229 e. The molecule has 1 aliphatic carbocycles. The molecule has 1 saturated carbocycles. The van der Waals surface area contributed by atoms with E-state index in [9.17, 15) is 14.0 Å². The van der Waals surface area contributed by atoms with E-state index in [0.717, 1.165) is 12.8 Å². The third-order valence-electron chi connectivity index (χ3n) is 5.71. The van der Waals surface area contributed by atoms with Crippen molar-refractivity contribution in [2.75, 3.05) is 11.9 Å². The van der Waals surface area contributed by atoms with Gasteiger partial charge in [-0.1, -0.05) is 26.7 Å². The molecule has 0 radical (unpaired) electrons. The van der Waals surface area contributed by atoms with E-state index >= 15 is 0 Å². The molecule has 0 bridgehead atoms. The first-order valence-corrected chi connectivity index (χ1v) is 8.81. The molecule has 1 aromatic carbocycles. The van der Waals surface area contributed by atoms with Crippen LogP contribution in [-0.4, -0.2) is 29.3 Å². The molecule has 0 aromatic heterocycles. The molecule has 130 valence electrons. The minimum atomic E-state index is -0.337. The van der Waals surface area contributed by atoms with E-state index in [4.69, 9.17) is 0 Å². The maximum absolute atomic E-state index is 12.9. The molecular weight excluding hydrogens is 307 g/mol. The number of anilines is 1. The Bertz CT molecular complexity index is 616. The lowest BCUT2D eigenvalue weighted by atomic mass is 9.77. The number of carbonyl (C=O) groups excluding carboxylic acids is 2. The third kappa shape index (κ3) is 3.45. The summed E-state index contributed by atoms with van der Waals surface area (Å²) < 4.78 is 12.9. The van der Waals surface area contributed by atoms with Crippen molar-refractivity contribution in [3.05, 3.63) is 30.1 Å². The zero-order chi connectivity index (χ0) is 17.3. The number of benzene rings is 1. The summed E-state index contributed by atoms with van der Waals surface area (Å²) in [5.74, 6) is 0.349. The van der Waals surface area contributed by atoms with Crippen molar-refractivity contribution in [3.63, 3.8) is 0 Å². The van der Waals surface area contributed by atoms with Gasteiger partial charge in [0.05, 0.1) is 5.92 Å². The van der Waals surface area contributed by atoms with Crippen molar-refractivity contribution >= 4 is 17.5 Å². The van der Waals surface area contributed by atoms with E-state index in [1.165, 1.54) is 30.7 Å². The molecule has 0 unspecified atom stereocenters. The Labute approximate surface area is 142 Å². The van der Waals surface area contributed by atoms with Gasteiger partial charge in [0.1, 0.15) is 5.82 Å². The summed E-state index contributed by atoms with van der Waals surface area (Å²) in [6, 6.07) is 5.95. The fourth-order valence-electron chi connectivity index (χ4n) is 4.00. The standard InChI is InChI=1S/C19H25FN2O2/c1-12-4-3-5-17(13(12)2)22-11-14(10-18(22)23)19(24)21-16-8-6-15(20)7-9-16/h6-9,12-14,17H,3-5,10-11H2,1-2H3,(H,21,24)/t12-,13-,14-,17-/m1/s1. The Balaban J connectivity index is 1.63. The third-order valence-corrected chi connectivity index (χ3v) is 5.71. The quantitative estimate of drug-likeness (QED) is 0.922. The molecule has 2 aliphatic rings. The fourth-order valence-corrected chi connectivity index (χ4v) is 4.00. The highest BCUT2D eigenvalue weighted by Gasteiger charge is 2.41. The molecule has 1 heterocycles. The van der Waals surface area contributed by atoms with Gasteiger partial charge in [-0.25, -0.2) is 4.39 Å². The molecule has 5 heteroatoms. The summed E-state index contributed by atoms with van der Waals surface area (Å²) in [6.45, 7) is 4.96. The lowest BCUT2D eigenvalue weighted by Crippen LogP contribution is -2.45. The summed E-state index contributed by atoms with van der Waals surface area (Å²) in [4.78, 5) is 26.8. The molecule has 1 aliphatic heterocycles. The van der Waals surface area contributed by atoms with Gasteiger partial charge >= 0.3 is 0 Å². The van der Waals surface area contributed by atoms with Crippen LogP contribution in [0.3, 0.4) is 0 Å². The molecule has 4 nitrogen and oxygen atoms in total. The molecule has 1 N–H and O–H groups in total. The number of rotatable bonds is 3. The van der Waals surface area contributed by atoms with Gasteiger partial charge < -0.3 is 10.2 Å². The largest absolute Gasteiger partial charge is 0.339 e. The topological polar surface area (TPSA) is 49.4 Å². The lowest BCUT2D eigenvalue weighted by molar-refractivity contribution is -0.131. The molecule has 0 spiro atoms. The summed E-state index contributed by atoms with van der Waals surface area (Å²) in [7, 11) is 0. The predicted octanol–water partition coefficient (Wildman–Crippen LogP) is 3.44. The minimum absolute atomic E-state index is 0.0835. The van der Waals surface area contributed by atoms with Crippen LogP contribution in [0.25, 0.3) is 0 Å². The Morgan fingerprint density at radius 3 is 2.62 bits per heavy atom. The Hall–Kier alpha value is -1.91. The second-order valence-corrected chi connectivity index (χ2v) is 7.28. The maximum Gasteiger partial charge on any atom is 0.229 e. The van der Waals surface area contributed by atoms with Crippen molar-refractivity contribution in [1.29, 1.82) is 0 Å². The van der Waals surface area contributed by atoms with Gasteiger partial charge in [-0.15, -0.1) is 0 Å². The summed E-state index contributed by atoms with van der Waals surface area (Å²) in [5, 5.41) is 2.79. The average Bonchev–Trinajstić information content (AvgIpc) is 2.94. The zero-order valence-electron chi connectivity index (χ0n) is 14.3. The summed E-state index contributed by atoms with van der Waals surface area (Å²) >= 11 is 0. The van der Waals surface area contributed by atoms with E-state index < -0.39 is 0 Å². The molecule has 2 amide bonds. The van der Waals surface area contributed by atoms with Gasteiger partial charge in [-0.2, -0.15) is 0 Å². The number of nitrogens with one attached hydrogen (secondary N) is 1. The number of carbonyl (C=O) groups is 2. The van der Waals surface area contributed by atoms with E-state index in [1.54, 1.807) is 0 Å². The van der Waals surface area contributed by atoms with Gasteiger partial charge in [0, 0.05) is 24.7 Å². The van der Waals surface area contributed by atoms with E-state index in [-0.39, 0.29) is 36.0 Å². The predicted molar refractivity (Wildman–Crippen MR) is 90.8 cm³/mol. The number of amides is 2. The van der Waals surface area contributed by atoms with Crippen molar-refractivity contribution in [1.82, 2.24) is 4.90 Å². The molecule has 24 heavy (non-hydrogen) atoms. The van der Waals surface area contributed by atoms with Crippen LogP contribution >= 0.6 is 0 Å². The van der Waals surface area contributed by atoms with Gasteiger partial charge in [-0.05, 0) is 42.5 Å². The average molecular weight is 332 g/mol. The molecule has 2 fully saturated rings. The van der Waals surface area contributed by atoms with Crippen LogP contribution in [0.5, 0.6) is 0 Å². The van der Waals surface area contributed by atoms with Crippen LogP contribution < -0.4 is 5.32 Å². The second kappa shape index (κ2) is 6.91. The van der Waals surface area contributed by atoms with Crippen molar-refractivity contribution in [2.45, 2.75) is 45.6 Å². The molecule has 1 saturated heterocycles. The van der Waals surface area contributed by atoms with Gasteiger partial charge in [0.15, 0.2) is 0 Å². The number of hydrogen-bond donors (Lipinski definition) is 1. The van der Waals surface area contributed by atoms with Crippen LogP contribution in [-0.2, 0) is 9.59 Å². The van der Waals surface area contributed by atoms with Gasteiger partial charge in [0.2, 0.25) is 11.8 Å². The SMILES string of the molecule is C[C@@H]1[C@H](C)CCC[C@H]1N1C[C@H](C(=O)Nc2ccc(F)cc2)CC1=O. The van der Waals surface area contributed by atoms with Gasteiger partial charge in [0.25, 0.3) is 0 Å². The van der Waals surface area contributed by atoms with E-state index in [0.29, 0.717) is 24.1 Å². The van der Waals surface area contributed by atoms with E-state index in [2.05, 4.69) is 19.2 Å². The number of halogens is 1. The highest BCUT2D eigenvalue weighted by atomic mass is 19.1. The van der Waals surface area contributed by atoms with Crippen LogP contribution in [0.1, 0.15) is 39.5 Å². The molecular formula is C19H25FN2O2. The highest BCUT2D eigenvalue weighted by Crippen LogP contribution is 2.35. The monoisotopic (exact) mass is 332 g/mol. The van der Waals surface area contributed by atoms with Crippen molar-refractivity contribution in [3.8, 4) is 0 Å². The Kier molecular flexibility index (Phi) is 4.88. The zero-order valence-corrected chi connectivity index (χ0v) is 14.3. The summed E-state index contributed by atoms with van der Waals surface area (Å²) in [6.07, 6.45) is 3.66. The normalized spacial score (nSPS) is 30.5. The summed E-state index contributed by atoms with van der Waals surface area (Å²) in [5.41, 5.74) is 0.562. The highest BCUT2D eigenvalue weighted by molar-refractivity contribution is 5.97. The maximum atomic E-state index is 12.9. The Morgan fingerprint density at radius 1 is 1.21 bits per heavy atom. The van der Waals surface area contributed by atoms with E-state index in [1.807, 2.05) is 4.90 Å². The minimum Gasteiger partial charge on any atom is -0.339 e. The lowest BCUT2D eigenvalue weighted by Gasteiger charge is -2.40.